The fourth-order valence-electron chi connectivity index (χ4n) is 2.58. The number of nitrogens with zero attached hydrogens (tertiary/aromatic N) is 1. The van der Waals surface area contributed by atoms with Crippen LogP contribution in [0.25, 0.3) is 0 Å². The van der Waals surface area contributed by atoms with Gasteiger partial charge in [-0.25, -0.2) is 4.79 Å². The van der Waals surface area contributed by atoms with E-state index in [-0.39, 0.29) is 6.54 Å². The summed E-state index contributed by atoms with van der Waals surface area (Å²) in [5.74, 6) is 0. The van der Waals surface area contributed by atoms with Crippen molar-refractivity contribution in [2.45, 2.75) is 77.5 Å². The van der Waals surface area contributed by atoms with E-state index in [4.69, 9.17) is 14.0 Å². The van der Waals surface area contributed by atoms with Gasteiger partial charge in [0.05, 0.1) is 11.2 Å². The first-order valence-electron chi connectivity index (χ1n) is 9.35. The molecule has 3 N–H and O–H groups in total. The molecule has 28 heavy (non-hydrogen) atoms. The van der Waals surface area contributed by atoms with Crippen LogP contribution in [0.5, 0.6) is 0 Å². The molecule has 156 valence electrons. The van der Waals surface area contributed by atoms with Gasteiger partial charge in [-0.1, -0.05) is 6.07 Å². The molecule has 8 nitrogen and oxygen atoms in total. The molecule has 1 amide bonds. The summed E-state index contributed by atoms with van der Waals surface area (Å²) in [5.41, 5.74) is -0.603. The molecule has 1 aliphatic rings. The first-order valence-corrected chi connectivity index (χ1v) is 9.35. The lowest BCUT2D eigenvalue weighted by atomic mass is 9.79. The molecule has 2 atom stereocenters. The molecule has 0 saturated carbocycles. The highest BCUT2D eigenvalue weighted by molar-refractivity contribution is 6.62. The lowest BCUT2D eigenvalue weighted by molar-refractivity contribution is 0.00578. The average Bonchev–Trinajstić information content (AvgIpc) is 2.78. The van der Waals surface area contributed by atoms with E-state index in [1.165, 1.54) is 6.20 Å². The Labute approximate surface area is 166 Å². The van der Waals surface area contributed by atoms with Crippen molar-refractivity contribution in [3.8, 4) is 0 Å². The molecule has 0 spiro atoms. The molecule has 2 unspecified atom stereocenters. The standard InChI is InChI=1S/C19H31BN2O6/c1-17(2,3)26-16(25)22-11-14(23)15(24)12-8-13(10-21-9-12)20-27-18(4,5)19(6,7)28-20/h8-10,14-15,23-24H,11H2,1-7H3,(H,22,25). The maximum atomic E-state index is 11.7. The number of carbonyl (C=O) groups is 1. The van der Waals surface area contributed by atoms with Gasteiger partial charge in [0.1, 0.15) is 17.8 Å². The van der Waals surface area contributed by atoms with E-state index in [0.29, 0.717) is 11.0 Å². The Morgan fingerprint density at radius 3 is 2.32 bits per heavy atom. The van der Waals surface area contributed by atoms with Crippen LogP contribution in [0.4, 0.5) is 4.79 Å². The van der Waals surface area contributed by atoms with Crippen LogP contribution in [-0.4, -0.2) is 57.9 Å². The highest BCUT2D eigenvalue weighted by Gasteiger charge is 2.51. The van der Waals surface area contributed by atoms with Crippen molar-refractivity contribution in [3.05, 3.63) is 24.0 Å². The van der Waals surface area contributed by atoms with Gasteiger partial charge in [-0.15, -0.1) is 0 Å². The van der Waals surface area contributed by atoms with E-state index in [1.54, 1.807) is 33.0 Å². The third kappa shape index (κ3) is 5.44. The van der Waals surface area contributed by atoms with Crippen molar-refractivity contribution in [2.24, 2.45) is 0 Å². The molecule has 1 aliphatic heterocycles. The van der Waals surface area contributed by atoms with Crippen molar-refractivity contribution in [3.63, 3.8) is 0 Å². The third-order valence-electron chi connectivity index (χ3n) is 4.87. The number of pyridine rings is 1. The lowest BCUT2D eigenvalue weighted by Crippen LogP contribution is -2.41. The van der Waals surface area contributed by atoms with E-state index in [0.717, 1.165) is 0 Å². The monoisotopic (exact) mass is 394 g/mol. The predicted molar refractivity (Wildman–Crippen MR) is 105 cm³/mol. The molecule has 0 aromatic carbocycles. The van der Waals surface area contributed by atoms with Gasteiger partial charge >= 0.3 is 13.2 Å². The van der Waals surface area contributed by atoms with Crippen molar-refractivity contribution in [1.29, 1.82) is 0 Å². The number of rotatable bonds is 5. The molecule has 2 heterocycles. The smallest absolute Gasteiger partial charge is 0.444 e. The summed E-state index contributed by atoms with van der Waals surface area (Å²) in [5, 5.41) is 23.1. The topological polar surface area (TPSA) is 110 Å². The zero-order valence-corrected chi connectivity index (χ0v) is 17.6. The molecule has 1 aromatic rings. The number of alkyl carbamates (subject to hydrolysis) is 1. The first-order chi connectivity index (χ1) is 12.7. The van der Waals surface area contributed by atoms with Crippen LogP contribution in [0.1, 0.15) is 60.1 Å². The number of aliphatic hydroxyl groups is 2. The van der Waals surface area contributed by atoms with Gasteiger partial charge in [0.15, 0.2) is 0 Å². The molecular weight excluding hydrogens is 363 g/mol. The highest BCUT2D eigenvalue weighted by Crippen LogP contribution is 2.36. The number of ether oxygens (including phenoxy) is 1. The van der Waals surface area contributed by atoms with Gasteiger partial charge in [0.2, 0.25) is 0 Å². The molecule has 1 fully saturated rings. The Morgan fingerprint density at radius 2 is 1.79 bits per heavy atom. The van der Waals surface area contributed by atoms with Crippen molar-refractivity contribution >= 4 is 18.7 Å². The zero-order chi connectivity index (χ0) is 21.3. The Kier molecular flexibility index (Phi) is 6.45. The fourth-order valence-corrected chi connectivity index (χ4v) is 2.58. The summed E-state index contributed by atoms with van der Waals surface area (Å²) in [4.78, 5) is 15.8. The predicted octanol–water partition coefficient (Wildman–Crippen LogP) is 1.30. The highest BCUT2D eigenvalue weighted by atomic mass is 16.7. The Morgan fingerprint density at radius 1 is 1.21 bits per heavy atom. The van der Waals surface area contributed by atoms with Gasteiger partial charge in [-0.3, -0.25) is 4.98 Å². The quantitative estimate of drug-likeness (QED) is 0.646. The van der Waals surface area contributed by atoms with E-state index in [9.17, 15) is 15.0 Å². The molecule has 1 saturated heterocycles. The number of hydrogen-bond donors (Lipinski definition) is 3. The summed E-state index contributed by atoms with van der Waals surface area (Å²) < 4.78 is 17.1. The van der Waals surface area contributed by atoms with E-state index >= 15 is 0 Å². The second-order valence-electron chi connectivity index (χ2n) is 9.03. The van der Waals surface area contributed by atoms with Gasteiger partial charge in [0, 0.05) is 30.0 Å². The third-order valence-corrected chi connectivity index (χ3v) is 4.87. The summed E-state index contributed by atoms with van der Waals surface area (Å²) in [6, 6.07) is 1.68. The minimum absolute atomic E-state index is 0.170. The van der Waals surface area contributed by atoms with Crippen LogP contribution in [0.15, 0.2) is 18.5 Å². The molecular formula is C19H31BN2O6. The van der Waals surface area contributed by atoms with Gasteiger partial charge in [0.25, 0.3) is 0 Å². The molecule has 9 heteroatoms. The van der Waals surface area contributed by atoms with Crippen LogP contribution in [-0.2, 0) is 14.0 Å². The maximum Gasteiger partial charge on any atom is 0.496 e. The van der Waals surface area contributed by atoms with Gasteiger partial charge < -0.3 is 29.6 Å². The van der Waals surface area contributed by atoms with Crippen LogP contribution >= 0.6 is 0 Å². The Bertz CT molecular complexity index is 688. The maximum absolute atomic E-state index is 11.7. The zero-order valence-electron chi connectivity index (χ0n) is 17.6. The SMILES string of the molecule is CC(C)(C)OC(=O)NCC(O)C(O)c1cncc(B2OC(C)(C)C(C)(C)O2)c1. The summed E-state index contributed by atoms with van der Waals surface area (Å²) in [6.07, 6.45) is -0.0877. The second-order valence-corrected chi connectivity index (χ2v) is 9.03. The number of aromatic nitrogens is 1. The number of hydrogen-bond acceptors (Lipinski definition) is 7. The summed E-state index contributed by atoms with van der Waals surface area (Å²) in [7, 11) is -0.623. The largest absolute Gasteiger partial charge is 0.496 e. The Hall–Kier alpha value is -1.68. The van der Waals surface area contributed by atoms with Gasteiger partial charge in [-0.2, -0.15) is 0 Å². The lowest BCUT2D eigenvalue weighted by Gasteiger charge is -2.32. The number of carbonyl (C=O) groups excluding carboxylic acids is 1. The minimum atomic E-state index is -1.25. The minimum Gasteiger partial charge on any atom is -0.444 e. The van der Waals surface area contributed by atoms with Gasteiger partial charge in [-0.05, 0) is 48.5 Å². The summed E-state index contributed by atoms with van der Waals surface area (Å²) >= 11 is 0. The van der Waals surface area contributed by atoms with Crippen molar-refractivity contribution < 1.29 is 29.1 Å². The normalized spacial score (nSPS) is 20.5. The molecule has 0 radical (unpaired) electrons. The van der Waals surface area contributed by atoms with Crippen molar-refractivity contribution in [1.82, 2.24) is 10.3 Å². The first kappa shape index (κ1) is 22.6. The molecule has 0 aliphatic carbocycles. The second kappa shape index (κ2) is 7.98. The van der Waals surface area contributed by atoms with Crippen LogP contribution in [0.3, 0.4) is 0 Å². The molecule has 1 aromatic heterocycles. The Balaban J connectivity index is 2.02. The average molecular weight is 394 g/mol. The van der Waals surface area contributed by atoms with Crippen LogP contribution in [0, 0.1) is 0 Å². The molecule has 2 rings (SSSR count). The number of amides is 1. The van der Waals surface area contributed by atoms with Crippen LogP contribution in [0.2, 0.25) is 0 Å². The summed E-state index contributed by atoms with van der Waals surface area (Å²) in [6.45, 7) is 12.9. The van der Waals surface area contributed by atoms with E-state index < -0.39 is 42.2 Å². The number of nitrogens with one attached hydrogen (secondary N) is 1. The van der Waals surface area contributed by atoms with Crippen molar-refractivity contribution in [2.75, 3.05) is 6.54 Å². The number of aliphatic hydroxyl groups excluding tert-OH is 2. The molecule has 0 bridgehead atoms. The fraction of sp³-hybridized carbons (Fsp3) is 0.684. The van der Waals surface area contributed by atoms with E-state index in [1.807, 2.05) is 27.7 Å². The van der Waals surface area contributed by atoms with E-state index in [2.05, 4.69) is 10.3 Å². The van der Waals surface area contributed by atoms with Crippen LogP contribution < -0.4 is 10.8 Å².